The first-order valence-electron chi connectivity index (χ1n) is 7.96. The largest absolute Gasteiger partial charge is 0.311 e. The predicted molar refractivity (Wildman–Crippen MR) is 91.2 cm³/mol. The van der Waals surface area contributed by atoms with Crippen LogP contribution in [0.2, 0.25) is 0 Å². The molecule has 0 heterocycles. The van der Waals surface area contributed by atoms with Gasteiger partial charge < -0.3 is 5.32 Å². The second-order valence-corrected chi connectivity index (χ2v) is 8.11. The summed E-state index contributed by atoms with van der Waals surface area (Å²) in [5, 5.41) is 3.72. The van der Waals surface area contributed by atoms with Crippen molar-refractivity contribution in [1.82, 2.24) is 5.32 Å². The number of benzene rings is 1. The zero-order chi connectivity index (χ0) is 14.6. The maximum atomic E-state index is 3.72. The summed E-state index contributed by atoms with van der Waals surface area (Å²) >= 11 is 3.62. The first kappa shape index (κ1) is 16.0. The normalized spacial score (nSPS) is 19.0. The monoisotopic (exact) mass is 337 g/mol. The molecular formula is C18H28BrN. The molecule has 0 aliphatic heterocycles. The average Bonchev–Trinajstić information content (AvgIpc) is 2.39. The number of hydrogen-bond donors (Lipinski definition) is 1. The van der Waals surface area contributed by atoms with E-state index in [9.17, 15) is 0 Å². The third-order valence-corrected chi connectivity index (χ3v) is 4.84. The molecule has 1 fully saturated rings. The van der Waals surface area contributed by atoms with E-state index in [0.717, 1.165) is 12.5 Å². The topological polar surface area (TPSA) is 12.0 Å². The lowest BCUT2D eigenvalue weighted by Gasteiger charge is -2.33. The number of rotatable bonds is 4. The molecule has 0 aromatic heterocycles. The highest BCUT2D eigenvalue weighted by atomic mass is 79.9. The molecule has 0 radical (unpaired) electrons. The van der Waals surface area contributed by atoms with Crippen LogP contribution in [0.15, 0.2) is 28.7 Å². The molecule has 2 heteroatoms. The molecule has 0 spiro atoms. The summed E-state index contributed by atoms with van der Waals surface area (Å²) in [7, 11) is 0. The summed E-state index contributed by atoms with van der Waals surface area (Å²) in [6.45, 7) is 7.86. The summed E-state index contributed by atoms with van der Waals surface area (Å²) < 4.78 is 1.20. The Labute approximate surface area is 132 Å². The standard InChI is InChI=1S/C18H28BrN/c1-18(2,3)20-13-17(14-8-5-4-6-9-14)15-10-7-11-16(19)12-15/h7,10-12,14,17,20H,4-6,8-9,13H2,1-3H3. The highest BCUT2D eigenvalue weighted by Gasteiger charge is 2.26. The zero-order valence-electron chi connectivity index (χ0n) is 13.1. The molecule has 1 aromatic rings. The summed E-state index contributed by atoms with van der Waals surface area (Å²) in [6, 6.07) is 8.91. The van der Waals surface area contributed by atoms with Crippen molar-refractivity contribution in [2.45, 2.75) is 64.3 Å². The fourth-order valence-electron chi connectivity index (χ4n) is 3.25. The molecular weight excluding hydrogens is 310 g/mol. The molecule has 0 saturated heterocycles. The quantitative estimate of drug-likeness (QED) is 0.764. The van der Waals surface area contributed by atoms with Gasteiger partial charge in [-0.2, -0.15) is 0 Å². The Bertz CT molecular complexity index is 416. The summed E-state index contributed by atoms with van der Waals surface area (Å²) in [6.07, 6.45) is 7.02. The van der Waals surface area contributed by atoms with Crippen molar-refractivity contribution in [2.24, 2.45) is 5.92 Å². The van der Waals surface area contributed by atoms with E-state index < -0.39 is 0 Å². The maximum Gasteiger partial charge on any atom is 0.0178 e. The van der Waals surface area contributed by atoms with Crippen LogP contribution in [0.5, 0.6) is 0 Å². The first-order valence-corrected chi connectivity index (χ1v) is 8.75. The van der Waals surface area contributed by atoms with Gasteiger partial charge in [0.15, 0.2) is 0 Å². The zero-order valence-corrected chi connectivity index (χ0v) is 14.7. The summed E-state index contributed by atoms with van der Waals surface area (Å²) in [5.74, 6) is 1.49. The minimum Gasteiger partial charge on any atom is -0.311 e. The van der Waals surface area contributed by atoms with Gasteiger partial charge in [-0.05, 0) is 63.1 Å². The van der Waals surface area contributed by atoms with Crippen LogP contribution in [0, 0.1) is 5.92 Å². The fraction of sp³-hybridized carbons (Fsp3) is 0.667. The molecule has 1 N–H and O–H groups in total. The highest BCUT2D eigenvalue weighted by molar-refractivity contribution is 9.10. The van der Waals surface area contributed by atoms with Crippen molar-refractivity contribution in [2.75, 3.05) is 6.54 Å². The van der Waals surface area contributed by atoms with Crippen LogP contribution < -0.4 is 5.32 Å². The van der Waals surface area contributed by atoms with Gasteiger partial charge in [0, 0.05) is 16.6 Å². The van der Waals surface area contributed by atoms with Crippen molar-refractivity contribution >= 4 is 15.9 Å². The Kier molecular flexibility index (Phi) is 5.68. The van der Waals surface area contributed by atoms with Crippen LogP contribution >= 0.6 is 15.9 Å². The molecule has 1 aliphatic rings. The van der Waals surface area contributed by atoms with Gasteiger partial charge in [0.2, 0.25) is 0 Å². The van der Waals surface area contributed by atoms with E-state index in [1.54, 1.807) is 0 Å². The lowest BCUT2D eigenvalue weighted by molar-refractivity contribution is 0.279. The number of halogens is 1. The predicted octanol–water partition coefficient (Wildman–Crippen LogP) is 5.50. The molecule has 20 heavy (non-hydrogen) atoms. The summed E-state index contributed by atoms with van der Waals surface area (Å²) in [5.41, 5.74) is 1.68. The highest BCUT2D eigenvalue weighted by Crippen LogP contribution is 2.36. The fourth-order valence-corrected chi connectivity index (χ4v) is 3.66. The molecule has 1 saturated carbocycles. The molecule has 0 amide bonds. The SMILES string of the molecule is CC(C)(C)NCC(c1cccc(Br)c1)C1CCCCC1. The third-order valence-electron chi connectivity index (χ3n) is 4.35. The van der Waals surface area contributed by atoms with Gasteiger partial charge in [-0.15, -0.1) is 0 Å². The van der Waals surface area contributed by atoms with E-state index in [4.69, 9.17) is 0 Å². The molecule has 0 bridgehead atoms. The van der Waals surface area contributed by atoms with Crippen molar-refractivity contribution in [1.29, 1.82) is 0 Å². The van der Waals surface area contributed by atoms with Crippen LogP contribution in [0.25, 0.3) is 0 Å². The molecule has 1 atom stereocenters. The van der Waals surface area contributed by atoms with Crippen molar-refractivity contribution in [3.05, 3.63) is 34.3 Å². The number of nitrogens with one attached hydrogen (secondary N) is 1. The van der Waals surface area contributed by atoms with E-state index in [-0.39, 0.29) is 5.54 Å². The van der Waals surface area contributed by atoms with Crippen LogP contribution in [-0.2, 0) is 0 Å². The van der Waals surface area contributed by atoms with E-state index in [2.05, 4.69) is 66.3 Å². The Balaban J connectivity index is 2.14. The van der Waals surface area contributed by atoms with Crippen molar-refractivity contribution < 1.29 is 0 Å². The van der Waals surface area contributed by atoms with Gasteiger partial charge in [-0.3, -0.25) is 0 Å². The van der Waals surface area contributed by atoms with Crippen molar-refractivity contribution in [3.8, 4) is 0 Å². The third kappa shape index (κ3) is 4.89. The maximum absolute atomic E-state index is 3.72. The second-order valence-electron chi connectivity index (χ2n) is 7.19. The minimum absolute atomic E-state index is 0.193. The molecule has 1 aromatic carbocycles. The van der Waals surface area contributed by atoms with Gasteiger partial charge in [0.25, 0.3) is 0 Å². The van der Waals surface area contributed by atoms with E-state index in [1.165, 1.54) is 42.1 Å². The Morgan fingerprint density at radius 3 is 2.50 bits per heavy atom. The Morgan fingerprint density at radius 1 is 1.20 bits per heavy atom. The molecule has 2 rings (SSSR count). The minimum atomic E-state index is 0.193. The Morgan fingerprint density at radius 2 is 1.90 bits per heavy atom. The van der Waals surface area contributed by atoms with Crippen LogP contribution in [-0.4, -0.2) is 12.1 Å². The Hall–Kier alpha value is -0.340. The molecule has 1 unspecified atom stereocenters. The van der Waals surface area contributed by atoms with Crippen LogP contribution in [0.4, 0.5) is 0 Å². The lowest BCUT2D eigenvalue weighted by atomic mass is 9.76. The molecule has 112 valence electrons. The van der Waals surface area contributed by atoms with Crippen LogP contribution in [0.3, 0.4) is 0 Å². The van der Waals surface area contributed by atoms with E-state index in [0.29, 0.717) is 5.92 Å². The summed E-state index contributed by atoms with van der Waals surface area (Å²) in [4.78, 5) is 0. The van der Waals surface area contributed by atoms with Crippen LogP contribution in [0.1, 0.15) is 64.4 Å². The van der Waals surface area contributed by atoms with Gasteiger partial charge in [-0.25, -0.2) is 0 Å². The average molecular weight is 338 g/mol. The van der Waals surface area contributed by atoms with Gasteiger partial charge >= 0.3 is 0 Å². The van der Waals surface area contributed by atoms with Gasteiger partial charge in [-0.1, -0.05) is 47.3 Å². The lowest BCUT2D eigenvalue weighted by Crippen LogP contribution is -2.40. The van der Waals surface area contributed by atoms with Crippen molar-refractivity contribution in [3.63, 3.8) is 0 Å². The molecule has 1 aliphatic carbocycles. The second kappa shape index (κ2) is 7.09. The van der Waals surface area contributed by atoms with Gasteiger partial charge in [0.1, 0.15) is 0 Å². The first-order chi connectivity index (χ1) is 9.46. The smallest absolute Gasteiger partial charge is 0.0178 e. The molecule has 1 nitrogen and oxygen atoms in total. The van der Waals surface area contributed by atoms with E-state index in [1.807, 2.05) is 0 Å². The number of hydrogen-bond acceptors (Lipinski definition) is 1. The van der Waals surface area contributed by atoms with Gasteiger partial charge in [0.05, 0.1) is 0 Å². The van der Waals surface area contributed by atoms with E-state index >= 15 is 0 Å².